The molecule has 2 aromatic carbocycles. The highest BCUT2D eigenvalue weighted by Gasteiger charge is 2.10. The van der Waals surface area contributed by atoms with Gasteiger partial charge in [0, 0.05) is 11.6 Å². The number of hydrogen-bond donors (Lipinski definition) is 1. The van der Waals surface area contributed by atoms with Crippen molar-refractivity contribution in [2.75, 3.05) is 19.0 Å². The second kappa shape index (κ2) is 8.48. The van der Waals surface area contributed by atoms with Gasteiger partial charge in [0.15, 0.2) is 6.61 Å². The summed E-state index contributed by atoms with van der Waals surface area (Å²) in [7, 11) is 1.58. The molecule has 30 heavy (non-hydrogen) atoms. The van der Waals surface area contributed by atoms with E-state index in [9.17, 15) is 9.59 Å². The lowest BCUT2D eigenvalue weighted by Gasteiger charge is -2.08. The number of aromatic nitrogens is 1. The van der Waals surface area contributed by atoms with Crippen molar-refractivity contribution in [3.8, 4) is 22.6 Å². The van der Waals surface area contributed by atoms with Crippen molar-refractivity contribution in [3.63, 3.8) is 0 Å². The first-order valence-electron chi connectivity index (χ1n) is 9.18. The first-order chi connectivity index (χ1) is 14.6. The summed E-state index contributed by atoms with van der Waals surface area (Å²) >= 11 is 0. The molecular weight excluding hydrogens is 384 g/mol. The Labute approximate surface area is 171 Å². The normalized spacial score (nSPS) is 10.6. The van der Waals surface area contributed by atoms with Crippen molar-refractivity contribution in [1.29, 1.82) is 0 Å². The van der Waals surface area contributed by atoms with E-state index < -0.39 is 5.63 Å². The van der Waals surface area contributed by atoms with Crippen LogP contribution in [0, 0.1) is 0 Å². The zero-order valence-electron chi connectivity index (χ0n) is 16.1. The fourth-order valence-electron chi connectivity index (χ4n) is 2.92. The third-order valence-electron chi connectivity index (χ3n) is 4.41. The molecule has 0 radical (unpaired) electrons. The number of nitrogens with zero attached hydrogens (tertiary/aromatic N) is 1. The molecule has 1 N–H and O–H groups in total. The average molecular weight is 402 g/mol. The maximum Gasteiger partial charge on any atom is 0.344 e. The number of carbonyl (C=O) groups excluding carboxylic acids is 1. The Morgan fingerprint density at radius 2 is 1.83 bits per heavy atom. The van der Waals surface area contributed by atoms with Gasteiger partial charge in [-0.1, -0.05) is 18.2 Å². The first-order valence-corrected chi connectivity index (χ1v) is 9.18. The first kappa shape index (κ1) is 19.2. The summed E-state index contributed by atoms with van der Waals surface area (Å²) in [6, 6.07) is 19.1. The highest BCUT2D eigenvalue weighted by atomic mass is 16.5. The number of rotatable bonds is 6. The number of benzene rings is 2. The molecule has 0 atom stereocenters. The summed E-state index contributed by atoms with van der Waals surface area (Å²) in [4.78, 5) is 28.4. The molecule has 1 amide bonds. The number of fused-ring (bicyclic) bond motifs is 1. The Morgan fingerprint density at radius 3 is 2.57 bits per heavy atom. The van der Waals surface area contributed by atoms with Gasteiger partial charge in [-0.3, -0.25) is 4.79 Å². The second-order valence-electron chi connectivity index (χ2n) is 6.43. The molecule has 0 aliphatic heterocycles. The predicted octanol–water partition coefficient (Wildman–Crippen LogP) is 3.88. The van der Waals surface area contributed by atoms with Gasteiger partial charge in [0.2, 0.25) is 0 Å². The molecule has 0 aliphatic carbocycles. The van der Waals surface area contributed by atoms with Gasteiger partial charge in [-0.2, -0.15) is 0 Å². The van der Waals surface area contributed by atoms with E-state index in [-0.39, 0.29) is 12.5 Å². The Balaban J connectivity index is 1.47. The summed E-state index contributed by atoms with van der Waals surface area (Å²) < 4.78 is 16.1. The van der Waals surface area contributed by atoms with Gasteiger partial charge in [-0.15, -0.1) is 0 Å². The van der Waals surface area contributed by atoms with Crippen molar-refractivity contribution in [1.82, 2.24) is 4.98 Å². The second-order valence-corrected chi connectivity index (χ2v) is 6.43. The van der Waals surface area contributed by atoms with Crippen molar-refractivity contribution in [3.05, 3.63) is 83.3 Å². The number of amides is 1. The van der Waals surface area contributed by atoms with Crippen molar-refractivity contribution < 1.29 is 18.7 Å². The molecular formula is C23H18N2O5. The average Bonchev–Trinajstić information content (AvgIpc) is 2.78. The molecule has 2 heterocycles. The zero-order chi connectivity index (χ0) is 20.9. The maximum atomic E-state index is 12.4. The van der Waals surface area contributed by atoms with Crippen LogP contribution in [0.2, 0.25) is 0 Å². The molecule has 150 valence electrons. The van der Waals surface area contributed by atoms with Crippen LogP contribution in [0.4, 0.5) is 5.82 Å². The monoisotopic (exact) mass is 402 g/mol. The van der Waals surface area contributed by atoms with E-state index in [4.69, 9.17) is 13.9 Å². The maximum absolute atomic E-state index is 12.4. The number of hydrogen-bond acceptors (Lipinski definition) is 6. The standard InChI is InChI=1S/C23H18N2O5/c1-28-18-9-10-20-16(12-18)13-19(23(27)30-20)15-5-7-17(8-6-15)29-14-22(26)25-21-4-2-3-11-24-21/h2-13H,14H2,1H3,(H,24,25,26). The van der Waals surface area contributed by atoms with E-state index in [1.165, 1.54) is 0 Å². The van der Waals surface area contributed by atoms with Crippen LogP contribution in [-0.4, -0.2) is 24.6 Å². The van der Waals surface area contributed by atoms with Gasteiger partial charge in [0.05, 0.1) is 12.7 Å². The van der Waals surface area contributed by atoms with E-state index in [0.29, 0.717) is 34.0 Å². The summed E-state index contributed by atoms with van der Waals surface area (Å²) in [5.74, 6) is 1.32. The quantitative estimate of drug-likeness (QED) is 0.492. The number of carbonyl (C=O) groups is 1. The molecule has 0 fully saturated rings. The van der Waals surface area contributed by atoms with Gasteiger partial charge >= 0.3 is 5.63 Å². The van der Waals surface area contributed by atoms with E-state index >= 15 is 0 Å². The molecule has 7 heteroatoms. The molecule has 0 unspecified atom stereocenters. The van der Waals surface area contributed by atoms with E-state index in [1.54, 1.807) is 80.0 Å². The Kier molecular flexibility index (Phi) is 5.43. The summed E-state index contributed by atoms with van der Waals surface area (Å²) in [6.07, 6.45) is 1.59. The minimum Gasteiger partial charge on any atom is -0.497 e. The molecule has 4 rings (SSSR count). The highest BCUT2D eigenvalue weighted by molar-refractivity contribution is 5.91. The lowest BCUT2D eigenvalue weighted by molar-refractivity contribution is -0.118. The molecule has 0 saturated carbocycles. The SMILES string of the molecule is COc1ccc2oc(=O)c(-c3ccc(OCC(=O)Nc4ccccn4)cc3)cc2c1. The molecule has 2 aromatic heterocycles. The summed E-state index contributed by atoms with van der Waals surface area (Å²) in [5.41, 5.74) is 1.16. The summed E-state index contributed by atoms with van der Waals surface area (Å²) in [5, 5.41) is 3.40. The molecule has 0 aliphatic rings. The zero-order valence-corrected chi connectivity index (χ0v) is 16.1. The largest absolute Gasteiger partial charge is 0.497 e. The van der Waals surface area contributed by atoms with E-state index in [2.05, 4.69) is 10.3 Å². The van der Waals surface area contributed by atoms with Crippen LogP contribution >= 0.6 is 0 Å². The minimum absolute atomic E-state index is 0.159. The Morgan fingerprint density at radius 1 is 1.03 bits per heavy atom. The van der Waals surface area contributed by atoms with Gasteiger partial charge in [0.25, 0.3) is 5.91 Å². The van der Waals surface area contributed by atoms with Gasteiger partial charge < -0.3 is 19.2 Å². The van der Waals surface area contributed by atoms with Crippen LogP contribution in [0.1, 0.15) is 0 Å². The van der Waals surface area contributed by atoms with Crippen LogP contribution in [0.5, 0.6) is 11.5 Å². The summed E-state index contributed by atoms with van der Waals surface area (Å²) in [6.45, 7) is -0.159. The fourth-order valence-corrected chi connectivity index (χ4v) is 2.92. The van der Waals surface area contributed by atoms with Gasteiger partial charge in [0.1, 0.15) is 22.9 Å². The predicted molar refractivity (Wildman–Crippen MR) is 113 cm³/mol. The smallest absolute Gasteiger partial charge is 0.344 e. The van der Waals surface area contributed by atoms with Crippen LogP contribution in [-0.2, 0) is 4.79 Å². The number of nitrogens with one attached hydrogen (secondary N) is 1. The molecule has 7 nitrogen and oxygen atoms in total. The lowest BCUT2D eigenvalue weighted by Crippen LogP contribution is -2.20. The Bertz CT molecular complexity index is 1230. The van der Waals surface area contributed by atoms with Crippen LogP contribution < -0.4 is 20.4 Å². The number of methoxy groups -OCH3 is 1. The van der Waals surface area contributed by atoms with Crippen molar-refractivity contribution in [2.45, 2.75) is 0 Å². The van der Waals surface area contributed by atoms with E-state index in [1.807, 2.05) is 0 Å². The molecule has 4 aromatic rings. The highest BCUT2D eigenvalue weighted by Crippen LogP contribution is 2.25. The number of ether oxygens (including phenoxy) is 2. The van der Waals surface area contributed by atoms with Crippen LogP contribution in [0.25, 0.3) is 22.1 Å². The van der Waals surface area contributed by atoms with Gasteiger partial charge in [-0.05, 0) is 54.1 Å². The molecule has 0 spiro atoms. The van der Waals surface area contributed by atoms with E-state index in [0.717, 1.165) is 5.39 Å². The van der Waals surface area contributed by atoms with Crippen LogP contribution in [0.3, 0.4) is 0 Å². The lowest BCUT2D eigenvalue weighted by atomic mass is 10.1. The number of anilines is 1. The topological polar surface area (TPSA) is 90.7 Å². The molecule has 0 bridgehead atoms. The Hall–Kier alpha value is -4.13. The van der Waals surface area contributed by atoms with Crippen molar-refractivity contribution >= 4 is 22.7 Å². The number of pyridine rings is 1. The van der Waals surface area contributed by atoms with Gasteiger partial charge in [-0.25, -0.2) is 9.78 Å². The third-order valence-corrected chi connectivity index (χ3v) is 4.41. The molecule has 0 saturated heterocycles. The van der Waals surface area contributed by atoms with Crippen LogP contribution in [0.15, 0.2) is 82.1 Å². The third kappa shape index (κ3) is 4.30. The fraction of sp³-hybridized carbons (Fsp3) is 0.0870. The van der Waals surface area contributed by atoms with Crippen molar-refractivity contribution in [2.24, 2.45) is 0 Å². The minimum atomic E-state index is -0.434.